The van der Waals surface area contributed by atoms with Crippen LogP contribution in [0.1, 0.15) is 0 Å². The van der Waals surface area contributed by atoms with Crippen LogP contribution >= 0.6 is 24.0 Å². The zero-order valence-electron chi connectivity index (χ0n) is 16.7. The summed E-state index contributed by atoms with van der Waals surface area (Å²) in [6, 6.07) is 20.0. The SMILES string of the molecule is CN(C)C(=S)Sc1c(O)c2c(=O)n(-c3ccccc3)c(-c3ccccc3)cc2oc1=O. The zero-order chi connectivity index (χ0) is 22.1. The molecule has 4 rings (SSSR count). The third kappa shape index (κ3) is 3.87. The van der Waals surface area contributed by atoms with Crippen LogP contribution in [0.2, 0.25) is 0 Å². The van der Waals surface area contributed by atoms with E-state index in [4.69, 9.17) is 16.6 Å². The van der Waals surface area contributed by atoms with Crippen LogP contribution in [0.15, 0.2) is 85.6 Å². The van der Waals surface area contributed by atoms with Crippen molar-refractivity contribution in [2.45, 2.75) is 4.90 Å². The highest BCUT2D eigenvalue weighted by Crippen LogP contribution is 2.34. The van der Waals surface area contributed by atoms with Crippen LogP contribution in [0.5, 0.6) is 5.75 Å². The van der Waals surface area contributed by atoms with Gasteiger partial charge in [0.2, 0.25) is 0 Å². The molecular weight excluding hydrogens is 432 g/mol. The van der Waals surface area contributed by atoms with Gasteiger partial charge in [0.25, 0.3) is 5.56 Å². The molecule has 6 nitrogen and oxygen atoms in total. The fraction of sp³-hybridized carbons (Fsp3) is 0.0870. The van der Waals surface area contributed by atoms with Crippen molar-refractivity contribution >= 4 is 39.3 Å². The summed E-state index contributed by atoms with van der Waals surface area (Å²) in [4.78, 5) is 27.7. The smallest absolute Gasteiger partial charge is 0.354 e. The topological polar surface area (TPSA) is 75.7 Å². The molecule has 156 valence electrons. The first-order valence-corrected chi connectivity index (χ1v) is 10.6. The summed E-state index contributed by atoms with van der Waals surface area (Å²) in [6.45, 7) is 0. The Kier molecular flexibility index (Phi) is 5.67. The van der Waals surface area contributed by atoms with Crippen molar-refractivity contribution in [2.75, 3.05) is 14.1 Å². The minimum absolute atomic E-state index is 0.0126. The van der Waals surface area contributed by atoms with Crippen LogP contribution in [0.4, 0.5) is 0 Å². The molecule has 31 heavy (non-hydrogen) atoms. The quantitative estimate of drug-likeness (QED) is 0.369. The van der Waals surface area contributed by atoms with Crippen molar-refractivity contribution in [3.8, 4) is 22.7 Å². The molecule has 2 aromatic carbocycles. The zero-order valence-corrected chi connectivity index (χ0v) is 18.4. The molecule has 0 saturated carbocycles. The van der Waals surface area contributed by atoms with E-state index in [-0.39, 0.29) is 15.9 Å². The second-order valence-electron chi connectivity index (χ2n) is 6.94. The van der Waals surface area contributed by atoms with E-state index in [2.05, 4.69) is 0 Å². The van der Waals surface area contributed by atoms with Crippen LogP contribution in [0.25, 0.3) is 27.9 Å². The monoisotopic (exact) mass is 450 g/mol. The first-order valence-electron chi connectivity index (χ1n) is 9.34. The van der Waals surface area contributed by atoms with Gasteiger partial charge in [-0.15, -0.1) is 0 Å². The molecule has 2 aromatic heterocycles. The van der Waals surface area contributed by atoms with E-state index >= 15 is 0 Å². The number of aromatic hydroxyl groups is 1. The maximum Gasteiger partial charge on any atom is 0.354 e. The van der Waals surface area contributed by atoms with Crippen molar-refractivity contribution < 1.29 is 9.52 Å². The Bertz CT molecular complexity index is 1390. The molecule has 1 N–H and O–H groups in total. The molecule has 0 saturated heterocycles. The Hall–Kier alpha value is -3.36. The minimum atomic E-state index is -0.755. The van der Waals surface area contributed by atoms with Gasteiger partial charge in [-0.2, -0.15) is 0 Å². The van der Waals surface area contributed by atoms with Crippen LogP contribution in [0.3, 0.4) is 0 Å². The highest BCUT2D eigenvalue weighted by atomic mass is 32.2. The predicted octanol–water partition coefficient (Wildman–Crippen LogP) is 4.26. The molecule has 0 spiro atoms. The molecule has 0 aliphatic carbocycles. The van der Waals surface area contributed by atoms with Crippen LogP contribution < -0.4 is 11.2 Å². The summed E-state index contributed by atoms with van der Waals surface area (Å²) in [5.74, 6) is -0.435. The second kappa shape index (κ2) is 8.41. The standard InChI is InChI=1S/C23H18N2O4S2/c1-24(2)23(30)31-20-19(26)18-17(29-22(20)28)13-16(14-9-5-3-6-10-14)25(21(18)27)15-11-7-4-8-12-15/h3-13,26H,1-2H3. The number of fused-ring (bicyclic) bond motifs is 1. The van der Waals surface area contributed by atoms with E-state index in [9.17, 15) is 14.7 Å². The lowest BCUT2D eigenvalue weighted by atomic mass is 10.1. The lowest BCUT2D eigenvalue weighted by Gasteiger charge is -2.16. The van der Waals surface area contributed by atoms with Gasteiger partial charge in [-0.3, -0.25) is 9.36 Å². The van der Waals surface area contributed by atoms with Gasteiger partial charge in [0, 0.05) is 25.8 Å². The molecule has 0 radical (unpaired) electrons. The highest BCUT2D eigenvalue weighted by molar-refractivity contribution is 8.23. The summed E-state index contributed by atoms with van der Waals surface area (Å²) in [6.07, 6.45) is 0. The maximum absolute atomic E-state index is 13.6. The number of pyridine rings is 1. The van der Waals surface area contributed by atoms with Gasteiger partial charge in [0.05, 0.1) is 5.69 Å². The van der Waals surface area contributed by atoms with Crippen LogP contribution in [-0.4, -0.2) is 33.0 Å². The number of aromatic nitrogens is 1. The van der Waals surface area contributed by atoms with E-state index in [1.807, 2.05) is 48.5 Å². The van der Waals surface area contributed by atoms with Crippen molar-refractivity contribution in [1.29, 1.82) is 0 Å². The van der Waals surface area contributed by atoms with E-state index in [1.165, 1.54) is 4.57 Å². The first kappa shape index (κ1) is 20.9. The van der Waals surface area contributed by atoms with E-state index in [0.717, 1.165) is 17.3 Å². The van der Waals surface area contributed by atoms with E-state index in [0.29, 0.717) is 15.7 Å². The van der Waals surface area contributed by atoms with Gasteiger partial charge in [-0.05, 0) is 29.5 Å². The summed E-state index contributed by atoms with van der Waals surface area (Å²) in [7, 11) is 3.45. The Labute approximate surface area is 187 Å². The van der Waals surface area contributed by atoms with E-state index in [1.54, 1.807) is 37.2 Å². The normalized spacial score (nSPS) is 10.9. The van der Waals surface area contributed by atoms with E-state index < -0.39 is 16.9 Å². The Morgan fingerprint density at radius 3 is 2.26 bits per heavy atom. The van der Waals surface area contributed by atoms with Gasteiger partial charge >= 0.3 is 5.63 Å². The van der Waals surface area contributed by atoms with Gasteiger partial charge in [0.1, 0.15) is 20.2 Å². The minimum Gasteiger partial charge on any atom is -0.505 e. The molecule has 0 amide bonds. The Morgan fingerprint density at radius 1 is 1.03 bits per heavy atom. The average molecular weight is 451 g/mol. The van der Waals surface area contributed by atoms with Gasteiger partial charge in [-0.25, -0.2) is 4.79 Å². The molecule has 0 fully saturated rings. The number of rotatable bonds is 3. The van der Waals surface area contributed by atoms with Crippen molar-refractivity contribution in [3.63, 3.8) is 0 Å². The van der Waals surface area contributed by atoms with Gasteiger partial charge in [0.15, 0.2) is 5.75 Å². The molecule has 2 heterocycles. The largest absolute Gasteiger partial charge is 0.505 e. The fourth-order valence-electron chi connectivity index (χ4n) is 3.17. The highest BCUT2D eigenvalue weighted by Gasteiger charge is 2.23. The summed E-state index contributed by atoms with van der Waals surface area (Å²) in [5, 5.41) is 10.8. The third-order valence-corrected chi connectivity index (χ3v) is 6.37. The van der Waals surface area contributed by atoms with Crippen molar-refractivity contribution in [2.24, 2.45) is 0 Å². The number of hydrogen-bond acceptors (Lipinski definition) is 6. The average Bonchev–Trinajstić information content (AvgIpc) is 2.77. The number of nitrogens with zero attached hydrogens (tertiary/aromatic N) is 2. The number of para-hydroxylation sites is 1. The summed E-state index contributed by atoms with van der Waals surface area (Å²) in [5.41, 5.74) is 0.683. The molecule has 8 heteroatoms. The molecule has 0 aliphatic rings. The molecular formula is C23H18N2O4S2. The van der Waals surface area contributed by atoms with Crippen molar-refractivity contribution in [3.05, 3.63) is 87.5 Å². The molecule has 0 atom stereocenters. The van der Waals surface area contributed by atoms with Gasteiger partial charge < -0.3 is 14.4 Å². The second-order valence-corrected chi connectivity index (χ2v) is 8.58. The summed E-state index contributed by atoms with van der Waals surface area (Å²) < 4.78 is 7.31. The Balaban J connectivity index is 2.08. The lowest BCUT2D eigenvalue weighted by Crippen LogP contribution is -2.22. The number of benzene rings is 2. The molecule has 4 aromatic rings. The summed E-state index contributed by atoms with van der Waals surface area (Å²) >= 11 is 6.12. The maximum atomic E-state index is 13.6. The number of thioether (sulfide) groups is 1. The lowest BCUT2D eigenvalue weighted by molar-refractivity contribution is 0.446. The predicted molar refractivity (Wildman–Crippen MR) is 127 cm³/mol. The number of hydrogen-bond donors (Lipinski definition) is 1. The fourth-order valence-corrected chi connectivity index (χ4v) is 4.10. The molecule has 0 unspecified atom stereocenters. The van der Waals surface area contributed by atoms with Crippen LogP contribution in [-0.2, 0) is 0 Å². The Morgan fingerprint density at radius 2 is 1.65 bits per heavy atom. The van der Waals surface area contributed by atoms with Crippen LogP contribution in [0, 0.1) is 0 Å². The number of thiocarbonyl (C=S) groups is 1. The third-order valence-electron chi connectivity index (χ3n) is 4.65. The van der Waals surface area contributed by atoms with Gasteiger partial charge in [-0.1, -0.05) is 60.7 Å². The molecule has 0 bridgehead atoms. The van der Waals surface area contributed by atoms with Crippen molar-refractivity contribution in [1.82, 2.24) is 9.47 Å². The molecule has 0 aliphatic heterocycles. The first-order chi connectivity index (χ1) is 14.9.